The minimum absolute atomic E-state index is 0.00259. The van der Waals surface area contributed by atoms with Crippen molar-refractivity contribution >= 4 is 51.7 Å². The van der Waals surface area contributed by atoms with Gasteiger partial charge in [0.05, 0.1) is 29.0 Å². The van der Waals surface area contributed by atoms with Gasteiger partial charge in [-0.25, -0.2) is 19.6 Å². The van der Waals surface area contributed by atoms with Gasteiger partial charge in [-0.3, -0.25) is 4.79 Å². The van der Waals surface area contributed by atoms with Crippen molar-refractivity contribution in [2.45, 2.75) is 103 Å². The number of amides is 2. The van der Waals surface area contributed by atoms with E-state index in [4.69, 9.17) is 14.5 Å². The highest BCUT2D eigenvalue weighted by Crippen LogP contribution is 2.40. The number of rotatable bonds is 16. The number of aromatic hydroxyl groups is 1. The number of pyridine rings is 1. The SMILES string of the molecule is CC(C)(C)OC(=O)NCCCC[C@H](C(=O)OCc1ccccc1)N(Cc1ccccc1)C(=O)c1cc(/N=N/c2nc3cnc4[nH]ccc4c3n2C2CCC(CC#N)CC2)ccc1O. The predicted molar refractivity (Wildman–Crippen MR) is 237 cm³/mol. The van der Waals surface area contributed by atoms with Gasteiger partial charge in [0.1, 0.15) is 35.2 Å². The number of carbonyl (C=O) groups excluding carboxylic acids is 3. The van der Waals surface area contributed by atoms with Crippen LogP contribution in [-0.4, -0.2) is 65.7 Å². The second kappa shape index (κ2) is 20.2. The van der Waals surface area contributed by atoms with E-state index in [1.807, 2.05) is 72.9 Å². The summed E-state index contributed by atoms with van der Waals surface area (Å²) in [7, 11) is 0. The number of benzene rings is 3. The molecule has 0 saturated heterocycles. The van der Waals surface area contributed by atoms with Gasteiger partial charge in [-0.15, -0.1) is 10.2 Å². The quantitative estimate of drug-likeness (QED) is 0.0481. The molecule has 1 aliphatic rings. The molecule has 6 aromatic rings. The molecular weight excluding hydrogens is 799 g/mol. The second-order valence-corrected chi connectivity index (χ2v) is 16.9. The Bertz CT molecular complexity index is 2590. The Labute approximate surface area is 366 Å². The molecule has 1 aliphatic carbocycles. The summed E-state index contributed by atoms with van der Waals surface area (Å²) in [5, 5.41) is 33.5. The van der Waals surface area contributed by atoms with Crippen LogP contribution in [-0.2, 0) is 27.4 Å². The normalized spacial score (nSPS) is 15.8. The number of aromatic nitrogens is 4. The number of hydrogen-bond acceptors (Lipinski definition) is 11. The van der Waals surface area contributed by atoms with Crippen LogP contribution in [0.15, 0.2) is 108 Å². The summed E-state index contributed by atoms with van der Waals surface area (Å²) in [6, 6.07) is 26.3. The van der Waals surface area contributed by atoms with Crippen molar-refractivity contribution in [2.24, 2.45) is 16.1 Å². The van der Waals surface area contributed by atoms with Crippen LogP contribution in [0, 0.1) is 17.2 Å². The monoisotopic (exact) mass is 851 g/mol. The molecule has 0 bridgehead atoms. The lowest BCUT2D eigenvalue weighted by Crippen LogP contribution is -2.45. The number of hydrogen-bond donors (Lipinski definition) is 3. The number of nitrogens with one attached hydrogen (secondary N) is 2. The predicted octanol–water partition coefficient (Wildman–Crippen LogP) is 10.1. The summed E-state index contributed by atoms with van der Waals surface area (Å²) < 4.78 is 13.3. The highest BCUT2D eigenvalue weighted by molar-refractivity contribution is 6.02. The van der Waals surface area contributed by atoms with E-state index in [2.05, 4.69) is 36.1 Å². The van der Waals surface area contributed by atoms with Crippen molar-refractivity contribution < 1.29 is 29.0 Å². The number of fused-ring (bicyclic) bond motifs is 3. The first-order valence-electron chi connectivity index (χ1n) is 21.5. The van der Waals surface area contributed by atoms with Crippen molar-refractivity contribution in [1.29, 1.82) is 5.26 Å². The number of carbonyl (C=O) groups is 3. The number of nitrogens with zero attached hydrogens (tertiary/aromatic N) is 7. The molecule has 2 amide bonds. The van der Waals surface area contributed by atoms with Crippen molar-refractivity contribution in [3.63, 3.8) is 0 Å². The summed E-state index contributed by atoms with van der Waals surface area (Å²) in [4.78, 5) is 55.3. The van der Waals surface area contributed by atoms with Crippen LogP contribution < -0.4 is 5.32 Å². The van der Waals surface area contributed by atoms with Crippen LogP contribution in [0.2, 0.25) is 0 Å². The number of aromatic amines is 1. The lowest BCUT2D eigenvalue weighted by atomic mass is 9.84. The molecule has 1 atom stereocenters. The molecule has 3 heterocycles. The molecule has 63 heavy (non-hydrogen) atoms. The van der Waals surface area contributed by atoms with Gasteiger partial charge in [0.15, 0.2) is 0 Å². The Hall–Kier alpha value is -7.08. The van der Waals surface area contributed by atoms with E-state index >= 15 is 0 Å². The average molecular weight is 852 g/mol. The lowest BCUT2D eigenvalue weighted by molar-refractivity contribution is -0.151. The number of H-pyrrole nitrogens is 1. The third-order valence-electron chi connectivity index (χ3n) is 11.1. The molecule has 3 N–H and O–H groups in total. The molecule has 1 saturated carbocycles. The first-order chi connectivity index (χ1) is 30.5. The maximum Gasteiger partial charge on any atom is 0.407 e. The Morgan fingerprint density at radius 2 is 1.71 bits per heavy atom. The van der Waals surface area contributed by atoms with Gasteiger partial charge in [-0.05, 0) is 107 Å². The third kappa shape index (κ3) is 11.3. The highest BCUT2D eigenvalue weighted by atomic mass is 16.6. The fourth-order valence-corrected chi connectivity index (χ4v) is 8.04. The van der Waals surface area contributed by atoms with Gasteiger partial charge in [0.2, 0.25) is 0 Å². The fourth-order valence-electron chi connectivity index (χ4n) is 8.04. The van der Waals surface area contributed by atoms with Crippen molar-refractivity contribution in [3.8, 4) is 11.8 Å². The number of ether oxygens (including phenoxy) is 2. The van der Waals surface area contributed by atoms with Gasteiger partial charge in [-0.1, -0.05) is 60.7 Å². The van der Waals surface area contributed by atoms with E-state index < -0.39 is 29.6 Å². The molecule has 15 heteroatoms. The van der Waals surface area contributed by atoms with Crippen molar-refractivity contribution in [1.82, 2.24) is 29.7 Å². The zero-order valence-electron chi connectivity index (χ0n) is 35.9. The van der Waals surface area contributed by atoms with E-state index in [0.717, 1.165) is 53.4 Å². The molecule has 1 fully saturated rings. The van der Waals surface area contributed by atoms with Crippen LogP contribution in [0.4, 0.5) is 16.4 Å². The summed E-state index contributed by atoms with van der Waals surface area (Å²) in [6.45, 7) is 5.69. The summed E-state index contributed by atoms with van der Waals surface area (Å²) >= 11 is 0. The number of unbranched alkanes of at least 4 members (excludes halogenated alkanes) is 1. The van der Waals surface area contributed by atoms with Crippen LogP contribution in [0.1, 0.15) is 99.7 Å². The minimum Gasteiger partial charge on any atom is -0.507 e. The minimum atomic E-state index is -1.06. The maximum atomic E-state index is 14.8. The summed E-state index contributed by atoms with van der Waals surface area (Å²) in [6.07, 6.45) is 8.20. The standard InChI is InChI=1S/C48H53N9O6/c1-48(2,3)63-47(61)51-26-11-10-16-40(45(60)62-31-34-14-8-5-9-15-34)56(30-33-12-6-4-7-13-33)44(59)38-28-35(19-22-41(38)58)54-55-46-53-39-29-52-43-37(24-27-50-43)42(39)57(46)36-20-17-32(18-21-36)23-25-49/h4-9,12-15,19,22,24,27-29,32,36,40,58H,10-11,16-18,20-21,23,26,30-31H2,1-3H3,(H,50,52)(H,51,61)/b55-54+/t32?,36?,40-/m1/s1. The topological polar surface area (TPSA) is 200 Å². The average Bonchev–Trinajstić information content (AvgIpc) is 3.91. The van der Waals surface area contributed by atoms with E-state index in [0.29, 0.717) is 43.2 Å². The van der Waals surface area contributed by atoms with E-state index in [9.17, 15) is 24.8 Å². The van der Waals surface area contributed by atoms with Gasteiger partial charge < -0.3 is 34.3 Å². The van der Waals surface area contributed by atoms with Crippen LogP contribution in [0.3, 0.4) is 0 Å². The fraction of sp³-hybridized carbons (Fsp3) is 0.375. The van der Waals surface area contributed by atoms with Crippen LogP contribution in [0.5, 0.6) is 5.75 Å². The number of azo groups is 1. The van der Waals surface area contributed by atoms with E-state index in [-0.39, 0.29) is 42.6 Å². The lowest BCUT2D eigenvalue weighted by Gasteiger charge is -2.31. The molecule has 3 aromatic heterocycles. The second-order valence-electron chi connectivity index (χ2n) is 16.9. The first-order valence-corrected chi connectivity index (χ1v) is 21.5. The van der Waals surface area contributed by atoms with Crippen LogP contribution in [0.25, 0.3) is 22.1 Å². The third-order valence-corrected chi connectivity index (χ3v) is 11.1. The summed E-state index contributed by atoms with van der Waals surface area (Å²) in [5.74, 6) is -0.786. The largest absolute Gasteiger partial charge is 0.507 e. The number of phenolic OH excluding ortho intramolecular Hbond substituents is 1. The zero-order valence-corrected chi connectivity index (χ0v) is 35.9. The Morgan fingerprint density at radius 3 is 2.43 bits per heavy atom. The van der Waals surface area contributed by atoms with Gasteiger partial charge >= 0.3 is 12.1 Å². The smallest absolute Gasteiger partial charge is 0.407 e. The number of phenols is 1. The van der Waals surface area contributed by atoms with Crippen molar-refractivity contribution in [2.75, 3.05) is 6.54 Å². The van der Waals surface area contributed by atoms with E-state index in [1.165, 1.54) is 17.0 Å². The zero-order chi connectivity index (χ0) is 44.3. The van der Waals surface area contributed by atoms with Crippen molar-refractivity contribution in [3.05, 3.63) is 114 Å². The number of nitriles is 1. The molecule has 3 aromatic carbocycles. The Morgan fingerprint density at radius 1 is 0.984 bits per heavy atom. The van der Waals surface area contributed by atoms with Gasteiger partial charge in [0, 0.05) is 37.1 Å². The highest BCUT2D eigenvalue weighted by Gasteiger charge is 2.33. The van der Waals surface area contributed by atoms with E-state index in [1.54, 1.807) is 33.0 Å². The molecule has 0 radical (unpaired) electrons. The van der Waals surface area contributed by atoms with Crippen LogP contribution >= 0.6 is 0 Å². The van der Waals surface area contributed by atoms with Gasteiger partial charge in [-0.2, -0.15) is 5.26 Å². The molecule has 0 spiro atoms. The Kier molecular flexibility index (Phi) is 14.1. The molecular formula is C48H53N9O6. The molecule has 7 rings (SSSR count). The molecule has 0 aliphatic heterocycles. The Balaban J connectivity index is 1.18. The molecule has 0 unspecified atom stereocenters. The first kappa shape index (κ1) is 44.0. The maximum absolute atomic E-state index is 14.8. The van der Waals surface area contributed by atoms with Gasteiger partial charge in [0.25, 0.3) is 11.9 Å². The number of alkyl carbamates (subject to hydrolysis) is 1. The summed E-state index contributed by atoms with van der Waals surface area (Å²) in [5.41, 5.74) is 3.40. The molecule has 326 valence electrons. The number of esters is 1. The number of imidazole rings is 1. The molecule has 15 nitrogen and oxygen atoms in total.